The average Bonchev–Trinajstić information content (AvgIpc) is 2.46. The molecule has 0 aliphatic rings. The molecule has 1 heterocycles. The summed E-state index contributed by atoms with van der Waals surface area (Å²) in [6.45, 7) is 2.76. The van der Waals surface area contributed by atoms with Gasteiger partial charge in [-0.1, -0.05) is 35.9 Å². The molecule has 1 aromatic heterocycles. The van der Waals surface area contributed by atoms with E-state index in [9.17, 15) is 4.79 Å². The monoisotopic (exact) mass is 304 g/mol. The molecule has 0 radical (unpaired) electrons. The maximum absolute atomic E-state index is 12.2. The van der Waals surface area contributed by atoms with Crippen molar-refractivity contribution < 1.29 is 9.53 Å². The fourth-order valence-electron chi connectivity index (χ4n) is 1.99. The van der Waals surface area contributed by atoms with Gasteiger partial charge in [0.1, 0.15) is 0 Å². The number of carbonyl (C=O) groups is 1. The van der Waals surface area contributed by atoms with Gasteiger partial charge >= 0.3 is 0 Å². The molecule has 5 heteroatoms. The summed E-state index contributed by atoms with van der Waals surface area (Å²) < 4.78 is 5.15. The van der Waals surface area contributed by atoms with Crippen LogP contribution in [0.4, 0.5) is 0 Å². The van der Waals surface area contributed by atoms with Gasteiger partial charge < -0.3 is 10.1 Å². The van der Waals surface area contributed by atoms with E-state index < -0.39 is 0 Å². The number of halogens is 1. The van der Waals surface area contributed by atoms with Crippen molar-refractivity contribution in [2.24, 2.45) is 0 Å². The number of benzene rings is 1. The second kappa shape index (κ2) is 7.20. The number of hydrogen-bond donors (Lipinski definition) is 1. The fourth-order valence-corrected chi connectivity index (χ4v) is 2.28. The molecule has 1 amide bonds. The van der Waals surface area contributed by atoms with Crippen LogP contribution >= 0.6 is 11.6 Å². The minimum atomic E-state index is -0.236. The lowest BCUT2D eigenvalue weighted by Crippen LogP contribution is -2.24. The summed E-state index contributed by atoms with van der Waals surface area (Å²) in [7, 11) is 1.65. The van der Waals surface area contributed by atoms with Gasteiger partial charge in [0.05, 0.1) is 17.2 Å². The third-order valence-electron chi connectivity index (χ3n) is 3.09. The van der Waals surface area contributed by atoms with Crippen molar-refractivity contribution in [3.63, 3.8) is 0 Å². The van der Waals surface area contributed by atoms with E-state index in [1.807, 2.05) is 31.2 Å². The quantitative estimate of drug-likeness (QED) is 0.923. The number of ether oxygens (including phenoxy) is 1. The molecule has 0 spiro atoms. The van der Waals surface area contributed by atoms with E-state index in [4.69, 9.17) is 16.3 Å². The van der Waals surface area contributed by atoms with Crippen LogP contribution in [0.2, 0.25) is 5.02 Å². The predicted molar refractivity (Wildman–Crippen MR) is 82.3 cm³/mol. The average molecular weight is 305 g/mol. The minimum Gasteiger partial charge on any atom is -0.380 e. The molecule has 2 rings (SSSR count). The molecule has 0 saturated carbocycles. The Hall–Kier alpha value is -1.91. The third-order valence-corrected chi connectivity index (χ3v) is 3.41. The number of carbonyl (C=O) groups excluding carboxylic acids is 1. The molecule has 0 unspecified atom stereocenters. The summed E-state index contributed by atoms with van der Waals surface area (Å²) in [6.07, 6.45) is 1.49. The SMILES string of the molecule is COCc1ccccc1CNC(=O)c1cnc(C)cc1Cl. The first-order chi connectivity index (χ1) is 10.1. The van der Waals surface area contributed by atoms with Gasteiger partial charge in [-0.05, 0) is 24.1 Å². The van der Waals surface area contributed by atoms with Gasteiger partial charge in [0.15, 0.2) is 0 Å². The zero-order valence-electron chi connectivity index (χ0n) is 12.0. The molecule has 1 N–H and O–H groups in total. The number of aryl methyl sites for hydroxylation is 1. The summed E-state index contributed by atoms with van der Waals surface area (Å²) in [6, 6.07) is 9.49. The molecule has 0 aliphatic heterocycles. The smallest absolute Gasteiger partial charge is 0.254 e. The molecule has 0 fully saturated rings. The number of amides is 1. The van der Waals surface area contributed by atoms with Gasteiger partial charge in [-0.15, -0.1) is 0 Å². The highest BCUT2D eigenvalue weighted by atomic mass is 35.5. The van der Waals surface area contributed by atoms with Gasteiger partial charge in [-0.25, -0.2) is 0 Å². The van der Waals surface area contributed by atoms with Crippen LogP contribution in [0.3, 0.4) is 0 Å². The third kappa shape index (κ3) is 4.03. The van der Waals surface area contributed by atoms with Crippen molar-refractivity contribution in [2.45, 2.75) is 20.1 Å². The molecular formula is C16H17ClN2O2. The summed E-state index contributed by atoms with van der Waals surface area (Å²) in [5.74, 6) is -0.236. The Bertz CT molecular complexity index is 644. The maximum atomic E-state index is 12.2. The molecule has 0 aliphatic carbocycles. The Morgan fingerprint density at radius 2 is 2.05 bits per heavy atom. The van der Waals surface area contributed by atoms with Crippen molar-refractivity contribution in [1.82, 2.24) is 10.3 Å². The maximum Gasteiger partial charge on any atom is 0.254 e. The molecule has 0 saturated heterocycles. The molecule has 21 heavy (non-hydrogen) atoms. The van der Waals surface area contributed by atoms with E-state index in [0.717, 1.165) is 16.8 Å². The van der Waals surface area contributed by atoms with E-state index in [1.165, 1.54) is 6.20 Å². The summed E-state index contributed by atoms with van der Waals surface area (Å²) in [5, 5.41) is 3.26. The molecule has 110 valence electrons. The first kappa shape index (κ1) is 15.5. The Kier molecular flexibility index (Phi) is 5.31. The number of methoxy groups -OCH3 is 1. The number of hydrogen-bond acceptors (Lipinski definition) is 3. The topological polar surface area (TPSA) is 51.2 Å². The highest BCUT2D eigenvalue weighted by molar-refractivity contribution is 6.33. The second-order valence-electron chi connectivity index (χ2n) is 4.69. The Labute approximate surface area is 129 Å². The van der Waals surface area contributed by atoms with Crippen molar-refractivity contribution >= 4 is 17.5 Å². The lowest BCUT2D eigenvalue weighted by Gasteiger charge is -2.10. The normalized spacial score (nSPS) is 10.4. The predicted octanol–water partition coefficient (Wildman–Crippen LogP) is 3.12. The van der Waals surface area contributed by atoms with Crippen LogP contribution in [0.1, 0.15) is 27.2 Å². The first-order valence-corrected chi connectivity index (χ1v) is 6.95. The number of nitrogens with zero attached hydrogens (tertiary/aromatic N) is 1. The van der Waals surface area contributed by atoms with Gasteiger partial charge in [0.25, 0.3) is 5.91 Å². The number of rotatable bonds is 5. The molecular weight excluding hydrogens is 288 g/mol. The zero-order chi connectivity index (χ0) is 15.2. The highest BCUT2D eigenvalue weighted by Gasteiger charge is 2.11. The fraction of sp³-hybridized carbons (Fsp3) is 0.250. The molecule has 0 atom stereocenters. The van der Waals surface area contributed by atoms with Gasteiger partial charge in [0.2, 0.25) is 0 Å². The molecule has 4 nitrogen and oxygen atoms in total. The van der Waals surface area contributed by atoms with Crippen molar-refractivity contribution in [1.29, 1.82) is 0 Å². The highest BCUT2D eigenvalue weighted by Crippen LogP contribution is 2.16. The Morgan fingerprint density at radius 1 is 1.33 bits per heavy atom. The van der Waals surface area contributed by atoms with Gasteiger partial charge in [0, 0.05) is 25.5 Å². The first-order valence-electron chi connectivity index (χ1n) is 6.58. The standard InChI is InChI=1S/C16H17ClN2O2/c1-11-7-15(17)14(9-18-11)16(20)19-8-12-5-3-4-6-13(12)10-21-2/h3-7,9H,8,10H2,1-2H3,(H,19,20). The zero-order valence-corrected chi connectivity index (χ0v) is 12.8. The van der Waals surface area contributed by atoms with Crippen LogP contribution in [-0.2, 0) is 17.9 Å². The van der Waals surface area contributed by atoms with Crippen LogP contribution in [-0.4, -0.2) is 18.0 Å². The number of pyridine rings is 1. The van der Waals surface area contributed by atoms with E-state index in [0.29, 0.717) is 23.7 Å². The summed E-state index contributed by atoms with van der Waals surface area (Å²) in [4.78, 5) is 16.3. The number of nitrogens with one attached hydrogen (secondary N) is 1. The van der Waals surface area contributed by atoms with Crippen molar-refractivity contribution in [2.75, 3.05) is 7.11 Å². The van der Waals surface area contributed by atoms with Crippen LogP contribution < -0.4 is 5.32 Å². The van der Waals surface area contributed by atoms with Crippen LogP contribution in [0.15, 0.2) is 36.5 Å². The van der Waals surface area contributed by atoms with E-state index in [2.05, 4.69) is 10.3 Å². The second-order valence-corrected chi connectivity index (χ2v) is 5.10. The lowest BCUT2D eigenvalue weighted by atomic mass is 10.1. The van der Waals surface area contributed by atoms with Crippen molar-refractivity contribution in [3.8, 4) is 0 Å². The van der Waals surface area contributed by atoms with E-state index in [1.54, 1.807) is 13.2 Å². The van der Waals surface area contributed by atoms with E-state index in [-0.39, 0.29) is 5.91 Å². The summed E-state index contributed by atoms with van der Waals surface area (Å²) >= 11 is 6.07. The number of aromatic nitrogens is 1. The van der Waals surface area contributed by atoms with Crippen LogP contribution in [0.5, 0.6) is 0 Å². The molecule has 2 aromatic rings. The Morgan fingerprint density at radius 3 is 2.71 bits per heavy atom. The van der Waals surface area contributed by atoms with E-state index >= 15 is 0 Å². The molecule has 0 bridgehead atoms. The minimum absolute atomic E-state index is 0.236. The van der Waals surface area contributed by atoms with Crippen LogP contribution in [0.25, 0.3) is 0 Å². The van der Waals surface area contributed by atoms with Gasteiger partial charge in [-0.3, -0.25) is 9.78 Å². The molecule has 1 aromatic carbocycles. The van der Waals surface area contributed by atoms with Crippen LogP contribution in [0, 0.1) is 6.92 Å². The largest absolute Gasteiger partial charge is 0.380 e. The van der Waals surface area contributed by atoms with Gasteiger partial charge in [-0.2, -0.15) is 0 Å². The Balaban J connectivity index is 2.07. The lowest BCUT2D eigenvalue weighted by molar-refractivity contribution is 0.0950. The summed E-state index contributed by atoms with van der Waals surface area (Å²) in [5.41, 5.74) is 3.23. The van der Waals surface area contributed by atoms with Crippen molar-refractivity contribution in [3.05, 3.63) is 63.9 Å².